The van der Waals surface area contributed by atoms with Crippen LogP contribution < -0.4 is 10.5 Å². The molecule has 0 bridgehead atoms. The molecule has 0 spiro atoms. The minimum Gasteiger partial charge on any atom is -0.466 e. The molecule has 0 saturated heterocycles. The van der Waals surface area contributed by atoms with Crippen LogP contribution in [-0.2, 0) is 19.6 Å². The second-order valence-corrected chi connectivity index (χ2v) is 5.32. The van der Waals surface area contributed by atoms with E-state index < -0.39 is 10.0 Å². The van der Waals surface area contributed by atoms with Crippen LogP contribution in [0.1, 0.15) is 19.8 Å². The number of esters is 1. The SMILES string of the molecule is CCOC(=O)CCCNc1ccc(S(N)(=O)=O)cn1. The van der Waals surface area contributed by atoms with E-state index >= 15 is 0 Å². The molecule has 0 aliphatic carbocycles. The van der Waals surface area contributed by atoms with E-state index in [1.54, 1.807) is 6.92 Å². The Bertz CT molecular complexity index is 513. The number of sulfonamides is 1. The van der Waals surface area contributed by atoms with Gasteiger partial charge < -0.3 is 10.1 Å². The van der Waals surface area contributed by atoms with Crippen molar-refractivity contribution in [2.24, 2.45) is 5.14 Å². The van der Waals surface area contributed by atoms with Crippen LogP contribution in [-0.4, -0.2) is 32.5 Å². The smallest absolute Gasteiger partial charge is 0.305 e. The zero-order valence-corrected chi connectivity index (χ0v) is 11.4. The molecule has 106 valence electrons. The van der Waals surface area contributed by atoms with Gasteiger partial charge in [-0.15, -0.1) is 0 Å². The zero-order valence-electron chi connectivity index (χ0n) is 10.6. The van der Waals surface area contributed by atoms with Crippen LogP contribution in [0.3, 0.4) is 0 Å². The summed E-state index contributed by atoms with van der Waals surface area (Å²) in [6.07, 6.45) is 2.12. The lowest BCUT2D eigenvalue weighted by molar-refractivity contribution is -0.143. The summed E-state index contributed by atoms with van der Waals surface area (Å²) in [4.78, 5) is 14.9. The van der Waals surface area contributed by atoms with E-state index in [-0.39, 0.29) is 10.9 Å². The highest BCUT2D eigenvalue weighted by Gasteiger charge is 2.07. The van der Waals surface area contributed by atoms with Gasteiger partial charge >= 0.3 is 5.97 Å². The fourth-order valence-electron chi connectivity index (χ4n) is 1.34. The van der Waals surface area contributed by atoms with Crippen molar-refractivity contribution < 1.29 is 17.9 Å². The van der Waals surface area contributed by atoms with Gasteiger partial charge in [-0.1, -0.05) is 0 Å². The quantitative estimate of drug-likeness (QED) is 0.557. The molecule has 0 atom stereocenters. The third-order valence-electron chi connectivity index (χ3n) is 2.23. The van der Waals surface area contributed by atoms with Gasteiger partial charge in [0.1, 0.15) is 10.7 Å². The highest BCUT2D eigenvalue weighted by atomic mass is 32.2. The molecule has 1 rings (SSSR count). The highest BCUT2D eigenvalue weighted by molar-refractivity contribution is 7.89. The number of hydrogen-bond donors (Lipinski definition) is 2. The van der Waals surface area contributed by atoms with E-state index in [1.807, 2.05) is 0 Å². The van der Waals surface area contributed by atoms with Crippen molar-refractivity contribution in [2.75, 3.05) is 18.5 Å². The molecule has 1 aromatic rings. The summed E-state index contributed by atoms with van der Waals surface area (Å²) in [5, 5.41) is 7.92. The van der Waals surface area contributed by atoms with Gasteiger partial charge in [-0.25, -0.2) is 18.5 Å². The van der Waals surface area contributed by atoms with Gasteiger partial charge in [0.15, 0.2) is 0 Å². The van der Waals surface area contributed by atoms with Crippen LogP contribution in [0.5, 0.6) is 0 Å². The topological polar surface area (TPSA) is 111 Å². The Balaban J connectivity index is 2.37. The molecule has 3 N–H and O–H groups in total. The van der Waals surface area contributed by atoms with Gasteiger partial charge in [-0.2, -0.15) is 0 Å². The van der Waals surface area contributed by atoms with Gasteiger partial charge in [0.2, 0.25) is 10.0 Å². The summed E-state index contributed by atoms with van der Waals surface area (Å²) in [6, 6.07) is 2.89. The van der Waals surface area contributed by atoms with Crippen LogP contribution in [0.15, 0.2) is 23.2 Å². The number of nitrogens with two attached hydrogens (primary N) is 1. The molecule has 8 heteroatoms. The number of nitrogens with zero attached hydrogens (tertiary/aromatic N) is 1. The molecule has 0 aliphatic heterocycles. The average Bonchev–Trinajstić information content (AvgIpc) is 2.34. The predicted molar refractivity (Wildman–Crippen MR) is 70.0 cm³/mol. The minimum absolute atomic E-state index is 0.0374. The molecule has 1 aromatic heterocycles. The number of carbonyl (C=O) groups is 1. The summed E-state index contributed by atoms with van der Waals surface area (Å²) >= 11 is 0. The van der Waals surface area contributed by atoms with Crippen molar-refractivity contribution in [3.63, 3.8) is 0 Å². The van der Waals surface area contributed by atoms with Gasteiger partial charge in [0, 0.05) is 19.2 Å². The molecule has 7 nitrogen and oxygen atoms in total. The second-order valence-electron chi connectivity index (χ2n) is 3.76. The van der Waals surface area contributed by atoms with Gasteiger partial charge in [0.05, 0.1) is 6.61 Å². The first-order chi connectivity index (χ1) is 8.93. The number of carbonyl (C=O) groups excluding carboxylic acids is 1. The third kappa shape index (κ3) is 5.66. The molecule has 19 heavy (non-hydrogen) atoms. The number of hydrogen-bond acceptors (Lipinski definition) is 6. The lowest BCUT2D eigenvalue weighted by atomic mass is 10.3. The Morgan fingerprint density at radius 3 is 2.74 bits per heavy atom. The Hall–Kier alpha value is -1.67. The Kier molecular flexibility index (Phi) is 5.71. The molecule has 0 amide bonds. The van der Waals surface area contributed by atoms with Crippen LogP contribution >= 0.6 is 0 Å². The van der Waals surface area contributed by atoms with Crippen molar-refractivity contribution in [3.8, 4) is 0 Å². The monoisotopic (exact) mass is 287 g/mol. The molecular weight excluding hydrogens is 270 g/mol. The van der Waals surface area contributed by atoms with Crippen LogP contribution in [0.2, 0.25) is 0 Å². The summed E-state index contributed by atoms with van der Waals surface area (Å²) in [5.74, 6) is 0.290. The summed E-state index contributed by atoms with van der Waals surface area (Å²) in [6.45, 7) is 2.68. The fourth-order valence-corrected chi connectivity index (χ4v) is 1.79. The lowest BCUT2D eigenvalue weighted by Gasteiger charge is -2.06. The second kappa shape index (κ2) is 7.05. The molecule has 0 unspecified atom stereocenters. The normalized spacial score (nSPS) is 11.1. The van der Waals surface area contributed by atoms with Crippen LogP contribution in [0.25, 0.3) is 0 Å². The van der Waals surface area contributed by atoms with Crippen molar-refractivity contribution >= 4 is 21.8 Å². The maximum absolute atomic E-state index is 11.1. The fraction of sp³-hybridized carbons (Fsp3) is 0.455. The summed E-state index contributed by atoms with van der Waals surface area (Å²) < 4.78 is 26.8. The van der Waals surface area contributed by atoms with Crippen molar-refractivity contribution in [1.82, 2.24) is 4.98 Å². The predicted octanol–water partition coefficient (Wildman–Crippen LogP) is 0.484. The van der Waals surface area contributed by atoms with Gasteiger partial charge in [-0.3, -0.25) is 4.79 Å². The van der Waals surface area contributed by atoms with Crippen molar-refractivity contribution in [1.29, 1.82) is 0 Å². The molecule has 0 radical (unpaired) electrons. The Morgan fingerprint density at radius 2 is 2.21 bits per heavy atom. The molecule has 1 heterocycles. The first-order valence-electron chi connectivity index (χ1n) is 5.82. The van der Waals surface area contributed by atoms with E-state index in [2.05, 4.69) is 10.3 Å². The average molecular weight is 287 g/mol. The number of pyridine rings is 1. The number of ether oxygens (including phenoxy) is 1. The zero-order chi connectivity index (χ0) is 14.3. The van der Waals surface area contributed by atoms with Gasteiger partial charge in [-0.05, 0) is 25.5 Å². The van der Waals surface area contributed by atoms with Crippen molar-refractivity contribution in [2.45, 2.75) is 24.7 Å². The molecule has 0 aliphatic rings. The van der Waals surface area contributed by atoms with E-state index in [1.165, 1.54) is 18.3 Å². The Morgan fingerprint density at radius 1 is 1.47 bits per heavy atom. The molecule has 0 fully saturated rings. The number of aromatic nitrogens is 1. The van der Waals surface area contributed by atoms with Gasteiger partial charge in [0.25, 0.3) is 0 Å². The van der Waals surface area contributed by atoms with E-state index in [4.69, 9.17) is 9.88 Å². The summed E-state index contributed by atoms with van der Waals surface area (Å²) in [7, 11) is -3.71. The van der Waals surface area contributed by atoms with Crippen LogP contribution in [0, 0.1) is 0 Å². The maximum atomic E-state index is 11.1. The van der Waals surface area contributed by atoms with E-state index in [0.717, 1.165) is 0 Å². The summed E-state index contributed by atoms with van der Waals surface area (Å²) in [5.41, 5.74) is 0. The largest absolute Gasteiger partial charge is 0.466 e. The lowest BCUT2D eigenvalue weighted by Crippen LogP contribution is -2.13. The number of primary sulfonamides is 1. The Labute approximate surface area is 112 Å². The number of nitrogens with one attached hydrogen (secondary N) is 1. The van der Waals surface area contributed by atoms with E-state index in [9.17, 15) is 13.2 Å². The molecule has 0 saturated carbocycles. The molecule has 0 aromatic carbocycles. The standard InChI is InChI=1S/C11H17N3O4S/c1-2-18-11(15)4-3-7-13-10-6-5-9(8-14-10)19(12,16)17/h5-6,8H,2-4,7H2,1H3,(H,13,14)(H2,12,16,17). The van der Waals surface area contributed by atoms with Crippen LogP contribution in [0.4, 0.5) is 5.82 Å². The first-order valence-corrected chi connectivity index (χ1v) is 7.36. The van der Waals surface area contributed by atoms with E-state index in [0.29, 0.717) is 31.8 Å². The first kappa shape index (κ1) is 15.4. The third-order valence-corrected chi connectivity index (χ3v) is 3.13. The number of rotatable bonds is 7. The molecular formula is C11H17N3O4S. The minimum atomic E-state index is -3.71. The number of anilines is 1. The maximum Gasteiger partial charge on any atom is 0.305 e. The highest BCUT2D eigenvalue weighted by Crippen LogP contribution is 2.08. The van der Waals surface area contributed by atoms with Crippen molar-refractivity contribution in [3.05, 3.63) is 18.3 Å².